The van der Waals surface area contributed by atoms with Crippen molar-refractivity contribution in [3.63, 3.8) is 0 Å². The van der Waals surface area contributed by atoms with Crippen molar-refractivity contribution in [2.24, 2.45) is 0 Å². The average molecular weight is 331 g/mol. The normalized spacial score (nSPS) is 10.5. The number of aromatic nitrogens is 1. The zero-order chi connectivity index (χ0) is 17.7. The van der Waals surface area contributed by atoms with Crippen LogP contribution in [0.5, 0.6) is 0 Å². The summed E-state index contributed by atoms with van der Waals surface area (Å²) in [7, 11) is 0. The molecular weight excluding hydrogens is 314 g/mol. The van der Waals surface area contributed by atoms with Crippen molar-refractivity contribution in [1.82, 2.24) is 10.5 Å². The number of aliphatic carboxylic acids is 1. The molecule has 0 aliphatic heterocycles. The summed E-state index contributed by atoms with van der Waals surface area (Å²) in [6.45, 7) is 3.40. The Morgan fingerprint density at radius 3 is 2.38 bits per heavy atom. The summed E-state index contributed by atoms with van der Waals surface area (Å²) in [4.78, 5) is 34.2. The van der Waals surface area contributed by atoms with Gasteiger partial charge in [0.15, 0.2) is 5.69 Å². The van der Waals surface area contributed by atoms with E-state index in [0.717, 1.165) is 0 Å². The van der Waals surface area contributed by atoms with Crippen molar-refractivity contribution >= 4 is 23.5 Å². The monoisotopic (exact) mass is 331 g/mol. The van der Waals surface area contributed by atoms with Gasteiger partial charge in [0.1, 0.15) is 12.3 Å². The Morgan fingerprint density at radius 1 is 1.17 bits per heavy atom. The Bertz CT molecular complexity index is 749. The number of anilines is 1. The standard InChI is InChI=1S/C16H17N3O5/c1-9(2)13-7-12(19-24-13)16(23)18-11-5-3-10(4-6-11)15(22)17-8-14(20)21/h3-7,9H,8H2,1-2H3,(H,17,22)(H,18,23)(H,20,21). The van der Waals surface area contributed by atoms with Crippen LogP contribution >= 0.6 is 0 Å². The number of rotatable bonds is 6. The fourth-order valence-corrected chi connectivity index (χ4v) is 1.83. The summed E-state index contributed by atoms with van der Waals surface area (Å²) in [6, 6.07) is 7.62. The number of amides is 2. The summed E-state index contributed by atoms with van der Waals surface area (Å²) in [5.41, 5.74) is 0.934. The number of carbonyl (C=O) groups excluding carboxylic acids is 2. The van der Waals surface area contributed by atoms with Gasteiger partial charge in [-0.15, -0.1) is 0 Å². The van der Waals surface area contributed by atoms with Gasteiger partial charge in [0.05, 0.1) is 0 Å². The van der Waals surface area contributed by atoms with E-state index in [-0.39, 0.29) is 17.2 Å². The molecule has 0 bridgehead atoms. The number of nitrogens with one attached hydrogen (secondary N) is 2. The molecule has 0 aliphatic rings. The zero-order valence-corrected chi connectivity index (χ0v) is 13.2. The molecule has 1 aromatic carbocycles. The SMILES string of the molecule is CC(C)c1cc(C(=O)Nc2ccc(C(=O)NCC(=O)O)cc2)no1. The van der Waals surface area contributed by atoms with Crippen LogP contribution in [0.1, 0.15) is 46.4 Å². The average Bonchev–Trinajstić information content (AvgIpc) is 3.03. The molecule has 0 fully saturated rings. The molecule has 8 nitrogen and oxygen atoms in total. The maximum atomic E-state index is 12.1. The van der Waals surface area contributed by atoms with E-state index in [9.17, 15) is 14.4 Å². The van der Waals surface area contributed by atoms with Crippen LogP contribution in [0, 0.1) is 0 Å². The molecule has 3 N–H and O–H groups in total. The van der Waals surface area contributed by atoms with Crippen molar-refractivity contribution < 1.29 is 24.0 Å². The number of carboxylic acid groups (broad SMARTS) is 1. The molecule has 0 spiro atoms. The number of nitrogens with zero attached hydrogens (tertiary/aromatic N) is 1. The highest BCUT2D eigenvalue weighted by molar-refractivity contribution is 6.03. The van der Waals surface area contributed by atoms with E-state index in [0.29, 0.717) is 11.4 Å². The lowest BCUT2D eigenvalue weighted by atomic mass is 10.1. The number of hydrogen-bond acceptors (Lipinski definition) is 5. The van der Waals surface area contributed by atoms with E-state index in [2.05, 4.69) is 15.8 Å². The first-order chi connectivity index (χ1) is 11.4. The summed E-state index contributed by atoms with van der Waals surface area (Å²) < 4.78 is 5.07. The van der Waals surface area contributed by atoms with Crippen molar-refractivity contribution in [1.29, 1.82) is 0 Å². The third-order valence-electron chi connectivity index (χ3n) is 3.14. The van der Waals surface area contributed by atoms with E-state index in [4.69, 9.17) is 9.63 Å². The molecule has 2 amide bonds. The Hall–Kier alpha value is -3.16. The van der Waals surface area contributed by atoms with E-state index in [1.807, 2.05) is 13.8 Å². The molecule has 2 rings (SSSR count). The van der Waals surface area contributed by atoms with Crippen LogP contribution in [-0.2, 0) is 4.79 Å². The van der Waals surface area contributed by atoms with E-state index < -0.39 is 24.3 Å². The van der Waals surface area contributed by atoms with Gasteiger partial charge in [-0.2, -0.15) is 0 Å². The van der Waals surface area contributed by atoms with Gasteiger partial charge < -0.3 is 20.3 Å². The van der Waals surface area contributed by atoms with Gasteiger partial charge in [-0.1, -0.05) is 19.0 Å². The zero-order valence-electron chi connectivity index (χ0n) is 13.2. The highest BCUT2D eigenvalue weighted by Crippen LogP contribution is 2.16. The van der Waals surface area contributed by atoms with Gasteiger partial charge in [0.25, 0.3) is 11.8 Å². The second kappa shape index (κ2) is 7.40. The molecule has 8 heteroatoms. The second-order valence-electron chi connectivity index (χ2n) is 5.38. The number of hydrogen-bond donors (Lipinski definition) is 3. The smallest absolute Gasteiger partial charge is 0.322 e. The van der Waals surface area contributed by atoms with Gasteiger partial charge in [0.2, 0.25) is 0 Å². The molecule has 0 aliphatic carbocycles. The lowest BCUT2D eigenvalue weighted by molar-refractivity contribution is -0.135. The van der Waals surface area contributed by atoms with Gasteiger partial charge >= 0.3 is 5.97 Å². The minimum atomic E-state index is -1.12. The van der Waals surface area contributed by atoms with Gasteiger partial charge in [-0.05, 0) is 24.3 Å². The number of benzene rings is 1. The molecule has 1 aromatic heterocycles. The summed E-state index contributed by atoms with van der Waals surface area (Å²) in [6.07, 6.45) is 0. The molecular formula is C16H17N3O5. The number of carbonyl (C=O) groups is 3. The lowest BCUT2D eigenvalue weighted by Crippen LogP contribution is -2.29. The first-order valence-corrected chi connectivity index (χ1v) is 7.25. The minimum absolute atomic E-state index is 0.127. The van der Waals surface area contributed by atoms with Crippen LogP contribution in [0.3, 0.4) is 0 Å². The second-order valence-corrected chi connectivity index (χ2v) is 5.38. The van der Waals surface area contributed by atoms with Crippen LogP contribution < -0.4 is 10.6 Å². The molecule has 126 valence electrons. The fraction of sp³-hybridized carbons (Fsp3) is 0.250. The minimum Gasteiger partial charge on any atom is -0.480 e. The summed E-state index contributed by atoms with van der Waals surface area (Å²) in [5.74, 6) is -1.31. The topological polar surface area (TPSA) is 122 Å². The number of carboxylic acids is 1. The largest absolute Gasteiger partial charge is 0.480 e. The first kappa shape index (κ1) is 17.2. The van der Waals surface area contributed by atoms with Crippen LogP contribution in [0.15, 0.2) is 34.9 Å². The maximum Gasteiger partial charge on any atom is 0.322 e. The van der Waals surface area contributed by atoms with Crippen molar-refractivity contribution in [3.05, 3.63) is 47.3 Å². The first-order valence-electron chi connectivity index (χ1n) is 7.25. The molecule has 0 atom stereocenters. The molecule has 0 saturated heterocycles. The van der Waals surface area contributed by atoms with Crippen molar-refractivity contribution in [3.8, 4) is 0 Å². The summed E-state index contributed by atoms with van der Waals surface area (Å²) in [5, 5.41) is 17.1. The Kier molecular flexibility index (Phi) is 5.31. The lowest BCUT2D eigenvalue weighted by Gasteiger charge is -2.05. The predicted octanol–water partition coefficient (Wildman–Crippen LogP) is 1.86. The molecule has 1 heterocycles. The quantitative estimate of drug-likeness (QED) is 0.743. The highest BCUT2D eigenvalue weighted by atomic mass is 16.5. The highest BCUT2D eigenvalue weighted by Gasteiger charge is 2.15. The molecule has 0 saturated carbocycles. The van der Waals surface area contributed by atoms with Gasteiger partial charge in [-0.3, -0.25) is 14.4 Å². The Balaban J connectivity index is 1.99. The maximum absolute atomic E-state index is 12.1. The predicted molar refractivity (Wildman–Crippen MR) is 85.0 cm³/mol. The Labute approximate surface area is 137 Å². The van der Waals surface area contributed by atoms with Gasteiger partial charge in [-0.25, -0.2) is 0 Å². The van der Waals surface area contributed by atoms with Crippen LogP contribution in [0.2, 0.25) is 0 Å². The molecule has 2 aromatic rings. The van der Waals surface area contributed by atoms with Gasteiger partial charge in [0, 0.05) is 23.2 Å². The third-order valence-corrected chi connectivity index (χ3v) is 3.14. The Morgan fingerprint density at radius 2 is 1.83 bits per heavy atom. The van der Waals surface area contributed by atoms with Crippen LogP contribution in [0.4, 0.5) is 5.69 Å². The molecule has 0 radical (unpaired) electrons. The van der Waals surface area contributed by atoms with Crippen LogP contribution in [-0.4, -0.2) is 34.6 Å². The third kappa shape index (κ3) is 4.42. The van der Waals surface area contributed by atoms with E-state index in [1.54, 1.807) is 6.07 Å². The van der Waals surface area contributed by atoms with E-state index in [1.165, 1.54) is 24.3 Å². The fourth-order valence-electron chi connectivity index (χ4n) is 1.83. The molecule has 24 heavy (non-hydrogen) atoms. The summed E-state index contributed by atoms with van der Waals surface area (Å²) >= 11 is 0. The van der Waals surface area contributed by atoms with Crippen molar-refractivity contribution in [2.45, 2.75) is 19.8 Å². The van der Waals surface area contributed by atoms with Crippen LogP contribution in [0.25, 0.3) is 0 Å². The molecule has 0 unspecified atom stereocenters. The van der Waals surface area contributed by atoms with Crippen molar-refractivity contribution in [2.75, 3.05) is 11.9 Å². The van der Waals surface area contributed by atoms with E-state index >= 15 is 0 Å².